The van der Waals surface area contributed by atoms with Gasteiger partial charge in [-0.15, -0.1) is 12.4 Å². The van der Waals surface area contributed by atoms with E-state index in [-0.39, 0.29) is 19.0 Å². The third-order valence-corrected chi connectivity index (χ3v) is 3.11. The predicted molar refractivity (Wildman–Crippen MR) is 81.8 cm³/mol. The van der Waals surface area contributed by atoms with Gasteiger partial charge in [0.25, 0.3) is 0 Å². The number of rotatable bonds is 4. The Morgan fingerprint density at radius 1 is 1.14 bits per heavy atom. The van der Waals surface area contributed by atoms with Gasteiger partial charge in [0.15, 0.2) is 0 Å². The van der Waals surface area contributed by atoms with Crippen molar-refractivity contribution in [1.29, 1.82) is 0 Å². The lowest BCUT2D eigenvalue weighted by Gasteiger charge is -2.18. The quantitative estimate of drug-likeness (QED) is 0.902. The van der Waals surface area contributed by atoms with Crippen molar-refractivity contribution in [3.63, 3.8) is 0 Å². The number of nitrogens with one attached hydrogen (secondary N) is 1. The van der Waals surface area contributed by atoms with E-state index in [1.807, 2.05) is 36.4 Å². The van der Waals surface area contributed by atoms with E-state index in [1.165, 1.54) is 0 Å². The summed E-state index contributed by atoms with van der Waals surface area (Å²) in [5, 5.41) is 4.28. The fourth-order valence-corrected chi connectivity index (χ4v) is 2.13. The van der Waals surface area contributed by atoms with Crippen molar-refractivity contribution in [1.82, 2.24) is 5.32 Å². The summed E-state index contributed by atoms with van der Waals surface area (Å²) in [5.74, 6) is -1.08. The lowest BCUT2D eigenvalue weighted by Crippen LogP contribution is -2.35. The molecule has 3 N–H and O–H groups in total. The largest absolute Gasteiger partial charge is 0.397 e. The third-order valence-electron chi connectivity index (χ3n) is 3.11. The molecule has 0 bridgehead atoms. The van der Waals surface area contributed by atoms with Crippen LogP contribution in [0, 0.1) is 0 Å². The van der Waals surface area contributed by atoms with E-state index in [1.54, 1.807) is 6.07 Å². The van der Waals surface area contributed by atoms with E-state index in [4.69, 9.17) is 5.73 Å². The zero-order chi connectivity index (χ0) is 15.5. The van der Waals surface area contributed by atoms with Gasteiger partial charge in [0, 0.05) is 6.54 Å². The number of hydrogen-bond acceptors (Lipinski definition) is 2. The molecule has 0 aliphatic carbocycles. The van der Waals surface area contributed by atoms with Crippen molar-refractivity contribution < 1.29 is 18.0 Å². The van der Waals surface area contributed by atoms with E-state index >= 15 is 0 Å². The minimum atomic E-state index is -4.52. The fraction of sp³-hybridized carbons (Fsp3) is 0.267. The van der Waals surface area contributed by atoms with Gasteiger partial charge in [-0.2, -0.15) is 13.2 Å². The first-order chi connectivity index (χ1) is 9.89. The molecule has 0 aromatic heterocycles. The summed E-state index contributed by atoms with van der Waals surface area (Å²) in [5.41, 5.74) is 6.25. The molecular weight excluding hydrogens is 317 g/mol. The Labute approximate surface area is 132 Å². The summed E-state index contributed by atoms with van der Waals surface area (Å²) in [6, 6.07) is 12.4. The number of alkyl halides is 3. The molecule has 0 fully saturated rings. The van der Waals surface area contributed by atoms with Crippen LogP contribution >= 0.6 is 12.4 Å². The molecule has 1 amide bonds. The van der Waals surface area contributed by atoms with Gasteiger partial charge in [-0.3, -0.25) is 4.79 Å². The molecule has 3 nitrogen and oxygen atoms in total. The van der Waals surface area contributed by atoms with Gasteiger partial charge >= 0.3 is 6.18 Å². The van der Waals surface area contributed by atoms with E-state index < -0.39 is 24.5 Å². The molecule has 2 rings (SSSR count). The van der Waals surface area contributed by atoms with Gasteiger partial charge in [0.1, 0.15) is 6.42 Å². The molecule has 0 heterocycles. The maximum atomic E-state index is 12.2. The van der Waals surface area contributed by atoms with Gasteiger partial charge in [-0.1, -0.05) is 36.4 Å². The Bertz CT molecular complexity index is 646. The molecule has 22 heavy (non-hydrogen) atoms. The predicted octanol–water partition coefficient (Wildman–Crippen LogP) is 3.33. The van der Waals surface area contributed by atoms with Gasteiger partial charge in [-0.25, -0.2) is 0 Å². The molecule has 1 unspecified atom stereocenters. The number of carbonyl (C=O) groups is 1. The molecule has 0 spiro atoms. The summed E-state index contributed by atoms with van der Waals surface area (Å²) in [4.78, 5) is 11.4. The molecule has 0 saturated carbocycles. The van der Waals surface area contributed by atoms with Gasteiger partial charge in [0.2, 0.25) is 5.91 Å². The molecule has 120 valence electrons. The Kier molecular flexibility index (Phi) is 6.20. The number of halogens is 4. The smallest absolute Gasteiger partial charge is 0.348 e. The number of carbonyl (C=O) groups excluding carboxylic acids is 1. The Morgan fingerprint density at radius 2 is 1.77 bits per heavy atom. The normalized spacial score (nSPS) is 12.5. The zero-order valence-electron chi connectivity index (χ0n) is 11.6. The third kappa shape index (κ3) is 4.89. The fourth-order valence-electron chi connectivity index (χ4n) is 2.13. The first kappa shape index (κ1) is 18.3. The number of benzene rings is 2. The molecule has 7 heteroatoms. The molecule has 0 aliphatic heterocycles. The van der Waals surface area contributed by atoms with E-state index in [0.717, 1.165) is 10.8 Å². The summed E-state index contributed by atoms with van der Waals surface area (Å²) in [6.45, 7) is 0.0297. The Morgan fingerprint density at radius 3 is 2.36 bits per heavy atom. The van der Waals surface area contributed by atoms with E-state index in [0.29, 0.717) is 5.56 Å². The number of hydrogen-bond donors (Lipinski definition) is 2. The Hall–Kier alpha value is -1.79. The second-order valence-electron chi connectivity index (χ2n) is 4.75. The summed E-state index contributed by atoms with van der Waals surface area (Å²) < 4.78 is 36.5. The molecule has 0 radical (unpaired) electrons. The average molecular weight is 333 g/mol. The van der Waals surface area contributed by atoms with Crippen LogP contribution in [0.3, 0.4) is 0 Å². The maximum Gasteiger partial charge on any atom is 0.397 e. The first-order valence-corrected chi connectivity index (χ1v) is 6.44. The van der Waals surface area contributed by atoms with Crippen LogP contribution < -0.4 is 11.1 Å². The van der Waals surface area contributed by atoms with Crippen LogP contribution in [-0.2, 0) is 4.79 Å². The monoisotopic (exact) mass is 332 g/mol. The van der Waals surface area contributed by atoms with Crippen molar-refractivity contribution in [3.05, 3.63) is 48.0 Å². The van der Waals surface area contributed by atoms with Crippen molar-refractivity contribution in [2.75, 3.05) is 6.54 Å². The summed E-state index contributed by atoms with van der Waals surface area (Å²) >= 11 is 0. The molecular formula is C15H16ClF3N2O. The van der Waals surface area contributed by atoms with Crippen LogP contribution in [0.15, 0.2) is 42.5 Å². The molecule has 0 aliphatic rings. The lowest BCUT2D eigenvalue weighted by molar-refractivity contribution is -0.154. The van der Waals surface area contributed by atoms with E-state index in [2.05, 4.69) is 5.32 Å². The highest BCUT2D eigenvalue weighted by atomic mass is 35.5. The highest BCUT2D eigenvalue weighted by molar-refractivity contribution is 5.85. The van der Waals surface area contributed by atoms with Crippen LogP contribution in [0.25, 0.3) is 10.8 Å². The molecule has 2 aromatic carbocycles. The minimum Gasteiger partial charge on any atom is -0.348 e. The van der Waals surface area contributed by atoms with Crippen molar-refractivity contribution in [3.8, 4) is 0 Å². The van der Waals surface area contributed by atoms with Crippen LogP contribution in [0.2, 0.25) is 0 Å². The first-order valence-electron chi connectivity index (χ1n) is 6.44. The van der Waals surface area contributed by atoms with Crippen LogP contribution in [0.5, 0.6) is 0 Å². The standard InChI is InChI=1S/C15H15F3N2O.ClH/c16-15(17,18)8-14(21)20-13(9-19)12-6-5-10-3-1-2-4-11(10)7-12;/h1-7,13H,8-9,19H2,(H,20,21);1H. The van der Waals surface area contributed by atoms with Gasteiger partial charge in [-0.05, 0) is 22.4 Å². The Balaban J connectivity index is 0.00000242. The number of amides is 1. The highest BCUT2D eigenvalue weighted by Gasteiger charge is 2.31. The molecule has 1 atom stereocenters. The topological polar surface area (TPSA) is 55.1 Å². The number of nitrogens with two attached hydrogens (primary N) is 1. The van der Waals surface area contributed by atoms with Crippen LogP contribution in [0.1, 0.15) is 18.0 Å². The lowest BCUT2D eigenvalue weighted by atomic mass is 10.0. The summed E-state index contributed by atoms with van der Waals surface area (Å²) in [6.07, 6.45) is -6.02. The van der Waals surface area contributed by atoms with Gasteiger partial charge < -0.3 is 11.1 Å². The molecule has 2 aromatic rings. The highest BCUT2D eigenvalue weighted by Crippen LogP contribution is 2.22. The maximum absolute atomic E-state index is 12.2. The van der Waals surface area contributed by atoms with Crippen LogP contribution in [0.4, 0.5) is 13.2 Å². The van der Waals surface area contributed by atoms with Gasteiger partial charge in [0.05, 0.1) is 6.04 Å². The second-order valence-corrected chi connectivity index (χ2v) is 4.75. The SMILES string of the molecule is Cl.NCC(NC(=O)CC(F)(F)F)c1ccc2ccccc2c1. The second kappa shape index (κ2) is 7.47. The van der Waals surface area contributed by atoms with Crippen molar-refractivity contribution >= 4 is 29.1 Å². The number of fused-ring (bicyclic) bond motifs is 1. The van der Waals surface area contributed by atoms with Crippen molar-refractivity contribution in [2.24, 2.45) is 5.73 Å². The van der Waals surface area contributed by atoms with Crippen LogP contribution in [-0.4, -0.2) is 18.6 Å². The zero-order valence-corrected chi connectivity index (χ0v) is 12.4. The minimum absolute atomic E-state index is 0. The molecule has 0 saturated heterocycles. The average Bonchev–Trinajstić information content (AvgIpc) is 2.42. The van der Waals surface area contributed by atoms with E-state index in [9.17, 15) is 18.0 Å². The summed E-state index contributed by atoms with van der Waals surface area (Å²) in [7, 11) is 0. The van der Waals surface area contributed by atoms with Crippen molar-refractivity contribution in [2.45, 2.75) is 18.6 Å².